The first kappa shape index (κ1) is 25.4. The van der Waals surface area contributed by atoms with Gasteiger partial charge in [0.2, 0.25) is 0 Å². The molecule has 0 atom stereocenters. The molecular formula is C37H28N4O. The lowest BCUT2D eigenvalue weighted by atomic mass is 9.93. The van der Waals surface area contributed by atoms with E-state index in [2.05, 4.69) is 90.8 Å². The lowest BCUT2D eigenvalue weighted by molar-refractivity contribution is 0.474. The fourth-order valence-electron chi connectivity index (χ4n) is 5.57. The summed E-state index contributed by atoms with van der Waals surface area (Å²) in [6.07, 6.45) is 3.63. The molecule has 5 nitrogen and oxygen atoms in total. The first-order chi connectivity index (χ1) is 20.6. The van der Waals surface area contributed by atoms with Gasteiger partial charge >= 0.3 is 0 Å². The van der Waals surface area contributed by atoms with Crippen LogP contribution in [0.2, 0.25) is 0 Å². The summed E-state index contributed by atoms with van der Waals surface area (Å²) in [7, 11) is 1.95. The maximum Gasteiger partial charge on any atom is 0.163 e. The van der Waals surface area contributed by atoms with Crippen molar-refractivity contribution in [2.24, 2.45) is 7.05 Å². The second-order valence-corrected chi connectivity index (χ2v) is 10.5. The highest BCUT2D eigenvalue weighted by Gasteiger charge is 2.18. The van der Waals surface area contributed by atoms with E-state index in [0.29, 0.717) is 11.5 Å². The number of rotatable bonds is 5. The Hall–Kier alpha value is -5.55. The molecule has 42 heavy (non-hydrogen) atoms. The Morgan fingerprint density at radius 3 is 2.10 bits per heavy atom. The number of nitrogens with zero attached hydrogens (tertiary/aromatic N) is 4. The summed E-state index contributed by atoms with van der Waals surface area (Å²) in [5.41, 5.74) is 11.9. The third kappa shape index (κ3) is 4.51. The van der Waals surface area contributed by atoms with Crippen LogP contribution in [0.25, 0.3) is 67.2 Å². The van der Waals surface area contributed by atoms with Crippen molar-refractivity contribution in [2.75, 3.05) is 0 Å². The molecule has 4 aromatic carbocycles. The molecule has 0 unspecified atom stereocenters. The molecule has 0 saturated heterocycles. The summed E-state index contributed by atoms with van der Waals surface area (Å²) < 4.78 is 1.98. The monoisotopic (exact) mass is 544 g/mol. The van der Waals surface area contributed by atoms with Crippen molar-refractivity contribution in [3.8, 4) is 61.9 Å². The molecule has 0 saturated carbocycles. The van der Waals surface area contributed by atoms with Gasteiger partial charge in [-0.05, 0) is 82.8 Å². The summed E-state index contributed by atoms with van der Waals surface area (Å²) >= 11 is 0. The van der Waals surface area contributed by atoms with Gasteiger partial charge in [-0.1, -0.05) is 72.8 Å². The van der Waals surface area contributed by atoms with Crippen molar-refractivity contribution in [1.82, 2.24) is 19.5 Å². The van der Waals surface area contributed by atoms with Crippen LogP contribution in [0, 0.1) is 6.92 Å². The summed E-state index contributed by atoms with van der Waals surface area (Å²) in [5, 5.41) is 10.5. The van der Waals surface area contributed by atoms with E-state index < -0.39 is 0 Å². The van der Waals surface area contributed by atoms with E-state index in [1.165, 1.54) is 11.1 Å². The SMILES string of the molecule is Cc1cnc(-c2cc(-c3ccccc3)cc(-c3cccc4c3nc(-c3ncccc3O)n4C)c2)cc1-c1ccccc1. The summed E-state index contributed by atoms with van der Waals surface area (Å²) in [4.78, 5) is 14.3. The Kier molecular flexibility index (Phi) is 6.32. The van der Waals surface area contributed by atoms with E-state index in [4.69, 9.17) is 9.97 Å². The molecule has 202 valence electrons. The lowest BCUT2D eigenvalue weighted by Gasteiger charge is -2.13. The molecular weight excluding hydrogens is 516 g/mol. The van der Waals surface area contributed by atoms with Crippen LogP contribution in [0.15, 0.2) is 128 Å². The largest absolute Gasteiger partial charge is 0.506 e. The maximum absolute atomic E-state index is 10.5. The van der Waals surface area contributed by atoms with Crippen molar-refractivity contribution >= 4 is 11.0 Å². The van der Waals surface area contributed by atoms with E-state index in [-0.39, 0.29) is 5.75 Å². The van der Waals surface area contributed by atoms with Crippen molar-refractivity contribution in [3.63, 3.8) is 0 Å². The van der Waals surface area contributed by atoms with Crippen LogP contribution in [0.1, 0.15) is 5.56 Å². The fraction of sp³-hybridized carbons (Fsp3) is 0.0541. The first-order valence-corrected chi connectivity index (χ1v) is 13.9. The Bertz CT molecular complexity index is 2060. The highest BCUT2D eigenvalue weighted by Crippen LogP contribution is 2.38. The Morgan fingerprint density at radius 1 is 0.619 bits per heavy atom. The summed E-state index contributed by atoms with van der Waals surface area (Å²) in [6.45, 7) is 2.10. The van der Waals surface area contributed by atoms with Crippen LogP contribution < -0.4 is 0 Å². The molecule has 0 spiro atoms. The molecule has 0 aliphatic heterocycles. The standard InChI is InChI=1S/C37H28N4O/c1-24-23-39-32(22-31(24)26-13-7-4-8-14-26)29-20-27(25-11-5-3-6-12-25)19-28(21-29)30-15-9-16-33-35(30)40-37(41(33)2)36-34(42)17-10-18-38-36/h3-23,42H,1-2H3. The minimum absolute atomic E-state index is 0.102. The second kappa shape index (κ2) is 10.5. The van der Waals surface area contributed by atoms with Gasteiger partial charge in [0.1, 0.15) is 11.4 Å². The van der Waals surface area contributed by atoms with Crippen LogP contribution in [-0.2, 0) is 7.05 Å². The van der Waals surface area contributed by atoms with Crippen molar-refractivity contribution in [3.05, 3.63) is 133 Å². The molecule has 7 rings (SSSR count). The van der Waals surface area contributed by atoms with Gasteiger partial charge in [0.25, 0.3) is 0 Å². The number of aryl methyl sites for hydroxylation is 2. The number of aromatic hydroxyl groups is 1. The fourth-order valence-corrected chi connectivity index (χ4v) is 5.57. The first-order valence-electron chi connectivity index (χ1n) is 13.9. The van der Waals surface area contributed by atoms with Gasteiger partial charge in [0.15, 0.2) is 5.82 Å². The van der Waals surface area contributed by atoms with Crippen LogP contribution in [0.5, 0.6) is 5.75 Å². The summed E-state index contributed by atoms with van der Waals surface area (Å²) in [5.74, 6) is 0.716. The van der Waals surface area contributed by atoms with Crippen LogP contribution in [0.4, 0.5) is 0 Å². The molecule has 0 aliphatic rings. The number of fused-ring (bicyclic) bond motifs is 1. The minimum Gasteiger partial charge on any atom is -0.506 e. The maximum atomic E-state index is 10.5. The number of pyridine rings is 2. The zero-order valence-corrected chi connectivity index (χ0v) is 23.4. The lowest BCUT2D eigenvalue weighted by Crippen LogP contribution is -1.94. The number of benzene rings is 4. The normalized spacial score (nSPS) is 11.2. The average Bonchev–Trinajstić information content (AvgIpc) is 3.38. The third-order valence-electron chi connectivity index (χ3n) is 7.74. The number of aromatic nitrogens is 4. The predicted molar refractivity (Wildman–Crippen MR) is 170 cm³/mol. The molecule has 0 aliphatic carbocycles. The van der Waals surface area contributed by atoms with Crippen LogP contribution in [0.3, 0.4) is 0 Å². The second-order valence-electron chi connectivity index (χ2n) is 10.5. The van der Waals surface area contributed by atoms with Gasteiger partial charge < -0.3 is 9.67 Å². The van der Waals surface area contributed by atoms with Gasteiger partial charge in [-0.2, -0.15) is 0 Å². The van der Waals surface area contributed by atoms with E-state index in [1.807, 2.05) is 42.1 Å². The average molecular weight is 545 g/mol. The van der Waals surface area contributed by atoms with Gasteiger partial charge in [-0.3, -0.25) is 4.98 Å². The number of imidazole rings is 1. The zero-order valence-electron chi connectivity index (χ0n) is 23.4. The highest BCUT2D eigenvalue weighted by atomic mass is 16.3. The van der Waals surface area contributed by atoms with E-state index in [9.17, 15) is 5.11 Å². The van der Waals surface area contributed by atoms with Gasteiger partial charge in [-0.15, -0.1) is 0 Å². The van der Waals surface area contributed by atoms with Crippen molar-refractivity contribution in [1.29, 1.82) is 0 Å². The van der Waals surface area contributed by atoms with E-state index in [0.717, 1.165) is 50.1 Å². The molecule has 0 bridgehead atoms. The van der Waals surface area contributed by atoms with E-state index >= 15 is 0 Å². The molecule has 5 heteroatoms. The van der Waals surface area contributed by atoms with E-state index in [1.54, 1.807) is 18.3 Å². The molecule has 3 aromatic heterocycles. The van der Waals surface area contributed by atoms with Crippen LogP contribution >= 0.6 is 0 Å². The number of hydrogen-bond donors (Lipinski definition) is 1. The molecule has 1 N–H and O–H groups in total. The smallest absolute Gasteiger partial charge is 0.163 e. The van der Waals surface area contributed by atoms with Crippen molar-refractivity contribution in [2.45, 2.75) is 6.92 Å². The van der Waals surface area contributed by atoms with Crippen molar-refractivity contribution < 1.29 is 5.11 Å². The molecule has 0 amide bonds. The molecule has 0 fully saturated rings. The Labute approximate surface area is 244 Å². The van der Waals surface area contributed by atoms with Gasteiger partial charge in [-0.25, -0.2) is 9.97 Å². The topological polar surface area (TPSA) is 63.8 Å². The number of para-hydroxylation sites is 1. The Morgan fingerprint density at radius 2 is 1.33 bits per heavy atom. The Balaban J connectivity index is 1.44. The summed E-state index contributed by atoms with van der Waals surface area (Å²) in [6, 6.07) is 39.2. The van der Waals surface area contributed by atoms with Gasteiger partial charge in [0.05, 0.1) is 16.7 Å². The quantitative estimate of drug-likeness (QED) is 0.235. The highest BCUT2D eigenvalue weighted by molar-refractivity contribution is 5.96. The zero-order chi connectivity index (χ0) is 28.6. The minimum atomic E-state index is 0.102. The number of hydrogen-bond acceptors (Lipinski definition) is 4. The molecule has 0 radical (unpaired) electrons. The predicted octanol–water partition coefficient (Wildman–Crippen LogP) is 8.71. The van der Waals surface area contributed by atoms with Crippen LogP contribution in [-0.4, -0.2) is 24.6 Å². The van der Waals surface area contributed by atoms with Gasteiger partial charge in [0, 0.05) is 30.6 Å². The third-order valence-corrected chi connectivity index (χ3v) is 7.74. The molecule has 3 heterocycles. The molecule has 7 aromatic rings.